The van der Waals surface area contributed by atoms with Crippen molar-refractivity contribution in [3.8, 4) is 0 Å². The van der Waals surface area contributed by atoms with Gasteiger partial charge >= 0.3 is 5.97 Å². The van der Waals surface area contributed by atoms with Gasteiger partial charge in [-0.05, 0) is 17.7 Å². The zero-order chi connectivity index (χ0) is 13.8. The van der Waals surface area contributed by atoms with Crippen LogP contribution in [0.4, 0.5) is 5.69 Å². The first-order valence-electron chi connectivity index (χ1n) is 5.58. The fourth-order valence-corrected chi connectivity index (χ4v) is 2.22. The van der Waals surface area contributed by atoms with Crippen molar-refractivity contribution in [2.75, 3.05) is 5.32 Å². The van der Waals surface area contributed by atoms with E-state index in [4.69, 9.17) is 23.2 Å². The van der Waals surface area contributed by atoms with Gasteiger partial charge in [-0.1, -0.05) is 59.6 Å². The van der Waals surface area contributed by atoms with Crippen LogP contribution in [0.25, 0.3) is 0 Å². The molecule has 0 saturated heterocycles. The molecular formula is C14H11Cl2NO2. The highest BCUT2D eigenvalue weighted by Crippen LogP contribution is 2.33. The molecule has 0 spiro atoms. The molecule has 98 valence electrons. The Hall–Kier alpha value is -1.71. The molecule has 2 aromatic rings. The van der Waals surface area contributed by atoms with E-state index in [2.05, 4.69) is 5.32 Å². The number of benzene rings is 2. The van der Waals surface area contributed by atoms with Gasteiger partial charge in [0, 0.05) is 0 Å². The summed E-state index contributed by atoms with van der Waals surface area (Å²) in [4.78, 5) is 11.4. The zero-order valence-electron chi connectivity index (χ0n) is 9.81. The number of carboxylic acids is 1. The standard InChI is InChI=1S/C14H11Cl2NO2/c15-10-7-4-8-11(16)13(10)17-12(14(18)19)9-5-2-1-3-6-9/h1-8,12,17H,(H,18,19). The fourth-order valence-electron chi connectivity index (χ4n) is 1.71. The Morgan fingerprint density at radius 3 is 2.11 bits per heavy atom. The summed E-state index contributed by atoms with van der Waals surface area (Å²) in [6, 6.07) is 13.0. The second-order valence-corrected chi connectivity index (χ2v) is 4.74. The largest absolute Gasteiger partial charge is 0.479 e. The number of aliphatic carboxylic acids is 1. The lowest BCUT2D eigenvalue weighted by atomic mass is 10.1. The summed E-state index contributed by atoms with van der Waals surface area (Å²) in [7, 11) is 0. The van der Waals surface area contributed by atoms with Gasteiger partial charge in [-0.3, -0.25) is 0 Å². The van der Waals surface area contributed by atoms with Crippen molar-refractivity contribution in [1.29, 1.82) is 0 Å². The number of carbonyl (C=O) groups is 1. The molecule has 2 rings (SSSR count). The average Bonchev–Trinajstić information content (AvgIpc) is 2.39. The third-order valence-electron chi connectivity index (χ3n) is 2.63. The van der Waals surface area contributed by atoms with Crippen LogP contribution in [0.3, 0.4) is 0 Å². The molecule has 2 N–H and O–H groups in total. The van der Waals surface area contributed by atoms with E-state index in [9.17, 15) is 9.90 Å². The van der Waals surface area contributed by atoms with Crippen molar-refractivity contribution in [2.24, 2.45) is 0 Å². The molecule has 0 radical (unpaired) electrons. The molecular weight excluding hydrogens is 285 g/mol. The molecule has 0 saturated carbocycles. The molecule has 3 nitrogen and oxygen atoms in total. The van der Waals surface area contributed by atoms with E-state index in [1.807, 2.05) is 6.07 Å². The molecule has 1 atom stereocenters. The third-order valence-corrected chi connectivity index (χ3v) is 3.26. The number of hydrogen-bond donors (Lipinski definition) is 2. The molecule has 5 heteroatoms. The van der Waals surface area contributed by atoms with Crippen molar-refractivity contribution in [1.82, 2.24) is 0 Å². The number of carboxylic acid groups (broad SMARTS) is 1. The second-order valence-electron chi connectivity index (χ2n) is 3.92. The van der Waals surface area contributed by atoms with Gasteiger partial charge in [0.25, 0.3) is 0 Å². The highest BCUT2D eigenvalue weighted by molar-refractivity contribution is 6.39. The Bertz CT molecular complexity index is 567. The Morgan fingerprint density at radius 2 is 1.58 bits per heavy atom. The van der Waals surface area contributed by atoms with Crippen molar-refractivity contribution in [3.05, 3.63) is 64.1 Å². The first-order valence-corrected chi connectivity index (χ1v) is 6.33. The van der Waals surface area contributed by atoms with Crippen molar-refractivity contribution in [2.45, 2.75) is 6.04 Å². The van der Waals surface area contributed by atoms with Gasteiger partial charge in [-0.2, -0.15) is 0 Å². The van der Waals surface area contributed by atoms with Crippen LogP contribution < -0.4 is 5.32 Å². The third kappa shape index (κ3) is 3.19. The maximum atomic E-state index is 11.4. The van der Waals surface area contributed by atoms with Crippen molar-refractivity contribution < 1.29 is 9.90 Å². The van der Waals surface area contributed by atoms with E-state index in [1.54, 1.807) is 42.5 Å². The number of rotatable bonds is 4. The van der Waals surface area contributed by atoms with Gasteiger partial charge in [0.2, 0.25) is 0 Å². The number of para-hydroxylation sites is 1. The molecule has 0 aliphatic heterocycles. The first kappa shape index (κ1) is 13.7. The summed E-state index contributed by atoms with van der Waals surface area (Å²) in [5.74, 6) is -0.998. The predicted molar refractivity (Wildman–Crippen MR) is 76.9 cm³/mol. The molecule has 0 bridgehead atoms. The molecule has 2 aromatic carbocycles. The van der Waals surface area contributed by atoms with E-state index in [-0.39, 0.29) is 0 Å². The zero-order valence-corrected chi connectivity index (χ0v) is 11.3. The Balaban J connectivity index is 2.35. The summed E-state index contributed by atoms with van der Waals surface area (Å²) in [6.45, 7) is 0. The number of halogens is 2. The van der Waals surface area contributed by atoms with E-state index in [0.717, 1.165) is 0 Å². The summed E-state index contributed by atoms with van der Waals surface area (Å²) < 4.78 is 0. The van der Waals surface area contributed by atoms with Gasteiger partial charge in [0.15, 0.2) is 6.04 Å². The van der Waals surface area contributed by atoms with E-state index >= 15 is 0 Å². The van der Waals surface area contributed by atoms with Gasteiger partial charge < -0.3 is 10.4 Å². The molecule has 1 unspecified atom stereocenters. The van der Waals surface area contributed by atoms with Crippen LogP contribution in [0.15, 0.2) is 48.5 Å². The molecule has 0 heterocycles. The van der Waals surface area contributed by atoms with Crippen LogP contribution in [0.2, 0.25) is 10.0 Å². The average molecular weight is 296 g/mol. The maximum absolute atomic E-state index is 11.4. The molecule has 0 aliphatic rings. The number of anilines is 1. The molecule has 0 aliphatic carbocycles. The van der Waals surface area contributed by atoms with Gasteiger partial charge in [0.05, 0.1) is 15.7 Å². The van der Waals surface area contributed by atoms with E-state index in [1.165, 1.54) is 0 Å². The molecule has 0 amide bonds. The van der Waals surface area contributed by atoms with Gasteiger partial charge in [-0.25, -0.2) is 4.79 Å². The van der Waals surface area contributed by atoms with Crippen LogP contribution in [0.1, 0.15) is 11.6 Å². The SMILES string of the molecule is O=C(O)C(Nc1c(Cl)cccc1Cl)c1ccccc1. The minimum Gasteiger partial charge on any atom is -0.479 e. The fraction of sp³-hybridized carbons (Fsp3) is 0.0714. The van der Waals surface area contributed by atoms with Crippen molar-refractivity contribution in [3.63, 3.8) is 0 Å². The Morgan fingerprint density at radius 1 is 1.00 bits per heavy atom. The lowest BCUT2D eigenvalue weighted by molar-refractivity contribution is -0.138. The van der Waals surface area contributed by atoms with Gasteiger partial charge in [0.1, 0.15) is 0 Å². The van der Waals surface area contributed by atoms with E-state index < -0.39 is 12.0 Å². The Labute approximate surface area is 120 Å². The van der Waals surface area contributed by atoms with E-state index in [0.29, 0.717) is 21.3 Å². The van der Waals surface area contributed by atoms with Gasteiger partial charge in [-0.15, -0.1) is 0 Å². The van der Waals surface area contributed by atoms with Crippen LogP contribution in [0, 0.1) is 0 Å². The Kier molecular flexibility index (Phi) is 4.30. The lowest BCUT2D eigenvalue weighted by Crippen LogP contribution is -2.20. The van der Waals surface area contributed by atoms with Crippen molar-refractivity contribution >= 4 is 34.9 Å². The smallest absolute Gasteiger partial charge is 0.330 e. The lowest BCUT2D eigenvalue weighted by Gasteiger charge is -2.18. The topological polar surface area (TPSA) is 49.3 Å². The highest BCUT2D eigenvalue weighted by atomic mass is 35.5. The van der Waals surface area contributed by atoms with Crippen LogP contribution in [0.5, 0.6) is 0 Å². The quantitative estimate of drug-likeness (QED) is 0.887. The van der Waals surface area contributed by atoms with Crippen LogP contribution in [-0.4, -0.2) is 11.1 Å². The van der Waals surface area contributed by atoms with Crippen LogP contribution in [-0.2, 0) is 4.79 Å². The summed E-state index contributed by atoms with van der Waals surface area (Å²) in [5.41, 5.74) is 1.05. The molecule has 0 aromatic heterocycles. The molecule has 0 fully saturated rings. The normalized spacial score (nSPS) is 11.9. The summed E-state index contributed by atoms with van der Waals surface area (Å²) >= 11 is 12.1. The second kappa shape index (κ2) is 5.95. The molecule has 19 heavy (non-hydrogen) atoms. The van der Waals surface area contributed by atoms with Crippen LogP contribution >= 0.6 is 23.2 Å². The minimum atomic E-state index is -0.998. The monoisotopic (exact) mass is 295 g/mol. The minimum absolute atomic E-state index is 0.384. The highest BCUT2D eigenvalue weighted by Gasteiger charge is 2.21. The summed E-state index contributed by atoms with van der Waals surface area (Å²) in [6.07, 6.45) is 0. The maximum Gasteiger partial charge on any atom is 0.330 e. The number of hydrogen-bond acceptors (Lipinski definition) is 2. The summed E-state index contributed by atoms with van der Waals surface area (Å²) in [5, 5.41) is 13.0. The first-order chi connectivity index (χ1) is 9.09. The number of nitrogens with one attached hydrogen (secondary N) is 1. The predicted octanol–water partition coefficient (Wildman–Crippen LogP) is 4.23.